The zero-order valence-corrected chi connectivity index (χ0v) is 14.8. The molecular formula is C17H26FN5O2. The van der Waals surface area contributed by atoms with Crippen LogP contribution in [-0.4, -0.2) is 72.4 Å². The molecule has 25 heavy (non-hydrogen) atoms. The van der Waals surface area contributed by atoms with Crippen LogP contribution >= 0.6 is 0 Å². The predicted octanol–water partition coefficient (Wildman–Crippen LogP) is 0.965. The van der Waals surface area contributed by atoms with Gasteiger partial charge in [0.1, 0.15) is 6.61 Å². The van der Waals surface area contributed by atoms with Crippen molar-refractivity contribution in [2.24, 2.45) is 5.73 Å². The van der Waals surface area contributed by atoms with Crippen molar-refractivity contribution in [1.29, 1.82) is 0 Å². The smallest absolute Gasteiger partial charge is 0.225 e. The number of aromatic nitrogens is 2. The second-order valence-corrected chi connectivity index (χ2v) is 6.72. The van der Waals surface area contributed by atoms with E-state index in [0.29, 0.717) is 41.7 Å². The van der Waals surface area contributed by atoms with E-state index in [2.05, 4.69) is 33.6 Å². The molecule has 2 saturated heterocycles. The van der Waals surface area contributed by atoms with Gasteiger partial charge in [0.15, 0.2) is 5.75 Å². The van der Waals surface area contributed by atoms with Crippen molar-refractivity contribution in [2.75, 3.05) is 44.4 Å². The maximum Gasteiger partial charge on any atom is 0.225 e. The van der Waals surface area contributed by atoms with E-state index in [-0.39, 0.29) is 13.2 Å². The highest BCUT2D eigenvalue weighted by atomic mass is 19.1. The van der Waals surface area contributed by atoms with E-state index in [4.69, 9.17) is 15.2 Å². The third kappa shape index (κ3) is 4.08. The first-order chi connectivity index (χ1) is 12.1. The summed E-state index contributed by atoms with van der Waals surface area (Å²) in [5.41, 5.74) is 5.80. The Bertz CT molecular complexity index is 581. The summed E-state index contributed by atoms with van der Waals surface area (Å²) < 4.78 is 23.3. The average Bonchev–Trinajstić information content (AvgIpc) is 2.57. The largest absolute Gasteiger partial charge is 0.486 e. The van der Waals surface area contributed by atoms with Gasteiger partial charge >= 0.3 is 0 Å². The molecule has 8 heteroatoms. The van der Waals surface area contributed by atoms with Crippen LogP contribution in [0.4, 0.5) is 10.3 Å². The second-order valence-electron chi connectivity index (χ2n) is 6.72. The lowest BCUT2D eigenvalue weighted by Gasteiger charge is -2.50. The third-order valence-electron chi connectivity index (χ3n) is 4.77. The van der Waals surface area contributed by atoms with Crippen molar-refractivity contribution < 1.29 is 13.9 Å². The normalized spacial score (nSPS) is 25.8. The highest BCUT2D eigenvalue weighted by Gasteiger charge is 2.38. The fourth-order valence-electron chi connectivity index (χ4n) is 3.47. The van der Waals surface area contributed by atoms with Crippen LogP contribution in [0.25, 0.3) is 0 Å². The van der Waals surface area contributed by atoms with Gasteiger partial charge in [0.05, 0.1) is 38.0 Å². The summed E-state index contributed by atoms with van der Waals surface area (Å²) in [5.74, 6) is 1.19. The molecule has 0 aromatic carbocycles. The second kappa shape index (κ2) is 8.07. The van der Waals surface area contributed by atoms with Gasteiger partial charge in [-0.1, -0.05) is 0 Å². The fraction of sp³-hybridized carbons (Fsp3) is 0.647. The Morgan fingerprint density at radius 1 is 1.32 bits per heavy atom. The van der Waals surface area contributed by atoms with Crippen molar-refractivity contribution in [2.45, 2.75) is 32.0 Å². The Morgan fingerprint density at radius 3 is 2.44 bits per heavy atom. The molecule has 1 aromatic heterocycles. The summed E-state index contributed by atoms with van der Waals surface area (Å²) in [6.07, 6.45) is 3.72. The van der Waals surface area contributed by atoms with Gasteiger partial charge < -0.3 is 20.1 Å². The Hall–Kier alpha value is -1.77. The van der Waals surface area contributed by atoms with Crippen LogP contribution in [-0.2, 0) is 4.74 Å². The predicted molar refractivity (Wildman–Crippen MR) is 93.4 cm³/mol. The van der Waals surface area contributed by atoms with Crippen LogP contribution in [0, 0.1) is 0 Å². The van der Waals surface area contributed by atoms with Crippen LogP contribution in [0.1, 0.15) is 13.8 Å². The molecule has 3 rings (SSSR count). The minimum absolute atomic E-state index is 0.103. The molecule has 0 bridgehead atoms. The molecule has 0 spiro atoms. The molecule has 0 aliphatic carbocycles. The minimum atomic E-state index is 0.103. The molecule has 2 unspecified atom stereocenters. The quantitative estimate of drug-likeness (QED) is 0.818. The standard InChI is InChI=1S/C17H26FN5O2/c1-12-7-22(8-13(2)23(12)15-10-24-11-15)17-20-5-16(6-21-17)25-9-14(3-18)4-19/h3,5-6,12-13,15H,4,7-11,19H2,1-2H3/b14-3+. The lowest BCUT2D eigenvalue weighted by molar-refractivity contribution is -0.0941. The topological polar surface area (TPSA) is 76.7 Å². The van der Waals surface area contributed by atoms with Crippen LogP contribution in [0.15, 0.2) is 24.3 Å². The molecular weight excluding hydrogens is 325 g/mol. The number of rotatable bonds is 6. The summed E-state index contributed by atoms with van der Waals surface area (Å²) in [6.45, 7) is 8.11. The summed E-state index contributed by atoms with van der Waals surface area (Å²) >= 11 is 0. The molecule has 0 saturated carbocycles. The van der Waals surface area contributed by atoms with Gasteiger partial charge in [-0.2, -0.15) is 0 Å². The molecule has 1 aromatic rings. The average molecular weight is 351 g/mol. The molecule has 2 atom stereocenters. The van der Waals surface area contributed by atoms with Gasteiger partial charge in [0.25, 0.3) is 0 Å². The summed E-state index contributed by atoms with van der Waals surface area (Å²) in [7, 11) is 0. The summed E-state index contributed by atoms with van der Waals surface area (Å²) in [6, 6.07) is 1.36. The first-order valence-electron chi connectivity index (χ1n) is 8.65. The number of halogens is 1. The highest BCUT2D eigenvalue weighted by molar-refractivity contribution is 5.33. The molecule has 2 aliphatic heterocycles. The Labute approximate surface area is 147 Å². The molecule has 138 valence electrons. The maximum absolute atomic E-state index is 12.5. The third-order valence-corrected chi connectivity index (χ3v) is 4.77. The number of hydrogen-bond acceptors (Lipinski definition) is 7. The number of piperazine rings is 1. The number of anilines is 1. The maximum atomic E-state index is 12.5. The van der Waals surface area contributed by atoms with Crippen molar-refractivity contribution >= 4 is 5.95 Å². The molecule has 0 radical (unpaired) electrons. The fourth-order valence-corrected chi connectivity index (χ4v) is 3.47. The molecule has 2 N–H and O–H groups in total. The lowest BCUT2D eigenvalue weighted by atomic mass is 10.0. The van der Waals surface area contributed by atoms with E-state index in [1.807, 2.05) is 0 Å². The van der Waals surface area contributed by atoms with Gasteiger partial charge in [-0.3, -0.25) is 4.90 Å². The van der Waals surface area contributed by atoms with E-state index < -0.39 is 0 Å². The monoisotopic (exact) mass is 351 g/mol. The molecule has 2 aliphatic rings. The van der Waals surface area contributed by atoms with Gasteiger partial charge in [-0.05, 0) is 13.8 Å². The van der Waals surface area contributed by atoms with E-state index in [1.165, 1.54) is 0 Å². The van der Waals surface area contributed by atoms with Gasteiger partial charge in [0, 0.05) is 37.3 Å². The van der Waals surface area contributed by atoms with Gasteiger partial charge in [-0.25, -0.2) is 14.4 Å². The Kier molecular flexibility index (Phi) is 5.82. The number of nitrogens with zero attached hydrogens (tertiary/aromatic N) is 4. The number of ether oxygens (including phenoxy) is 2. The molecule has 0 amide bonds. The van der Waals surface area contributed by atoms with E-state index in [0.717, 1.165) is 26.3 Å². The van der Waals surface area contributed by atoms with Crippen LogP contribution in [0.2, 0.25) is 0 Å². The highest BCUT2D eigenvalue weighted by Crippen LogP contribution is 2.25. The van der Waals surface area contributed by atoms with Crippen molar-refractivity contribution in [3.05, 3.63) is 24.3 Å². The van der Waals surface area contributed by atoms with E-state index in [9.17, 15) is 4.39 Å². The molecule has 7 nitrogen and oxygen atoms in total. The van der Waals surface area contributed by atoms with E-state index >= 15 is 0 Å². The van der Waals surface area contributed by atoms with Crippen molar-refractivity contribution in [1.82, 2.24) is 14.9 Å². The van der Waals surface area contributed by atoms with Crippen molar-refractivity contribution in [3.8, 4) is 5.75 Å². The Morgan fingerprint density at radius 2 is 1.96 bits per heavy atom. The summed E-state index contributed by atoms with van der Waals surface area (Å²) in [5, 5.41) is 0. The van der Waals surface area contributed by atoms with E-state index in [1.54, 1.807) is 12.4 Å². The van der Waals surface area contributed by atoms with Gasteiger partial charge in [-0.15, -0.1) is 0 Å². The van der Waals surface area contributed by atoms with Crippen molar-refractivity contribution in [3.63, 3.8) is 0 Å². The first-order valence-corrected chi connectivity index (χ1v) is 8.65. The lowest BCUT2D eigenvalue weighted by Crippen LogP contribution is -2.64. The zero-order valence-electron chi connectivity index (χ0n) is 14.8. The van der Waals surface area contributed by atoms with Crippen LogP contribution in [0.5, 0.6) is 5.75 Å². The number of hydrogen-bond donors (Lipinski definition) is 1. The first kappa shape index (κ1) is 18.0. The molecule has 2 fully saturated rings. The number of nitrogens with two attached hydrogens (primary N) is 1. The van der Waals surface area contributed by atoms with Crippen LogP contribution < -0.4 is 15.4 Å². The molecule has 3 heterocycles. The Balaban J connectivity index is 1.59. The van der Waals surface area contributed by atoms with Gasteiger partial charge in [0.2, 0.25) is 5.95 Å². The minimum Gasteiger partial charge on any atom is -0.486 e. The zero-order chi connectivity index (χ0) is 17.8. The summed E-state index contributed by atoms with van der Waals surface area (Å²) in [4.78, 5) is 13.5. The van der Waals surface area contributed by atoms with Crippen LogP contribution in [0.3, 0.4) is 0 Å². The SMILES string of the molecule is CC1CN(c2ncc(OC/C(=C/F)CN)cn2)CC(C)N1C1COC1.